The maximum atomic E-state index is 10.3. The van der Waals surface area contributed by atoms with Crippen molar-refractivity contribution in [3.63, 3.8) is 0 Å². The number of carbonyl (C=O) groups is 9. The van der Waals surface area contributed by atoms with Crippen molar-refractivity contribution in [3.05, 3.63) is 228 Å². The first-order valence-electron chi connectivity index (χ1n) is 42.3. The number of para-hydroxylation sites is 1. The van der Waals surface area contributed by atoms with Crippen LogP contribution in [0.5, 0.6) is 0 Å². The minimum absolute atomic E-state index is 0.129. The molecule has 9 N–H and O–H groups in total. The van der Waals surface area contributed by atoms with Gasteiger partial charge in [-0.15, -0.1) is 0 Å². The SMILES string of the molecule is CC(C/C=C\CCCC(=O)O)c1ccccc1.Cc1ccc(C/C=C\CCCC(=O)O)cc1C.O=C(O)CC/C=C\CCCc1ccccc1.O=C(O)CC/C=C\CCO.O=C(O)CCC/C=C\CCc1c[nH]c2ccccc12.O=C=O.O=CCCCCCCCC/C=C\CCCC(=O)O.O=CCCCCCCCC/C=C\CCCC(=O)O. The molecule has 1 aromatic heterocycles. The van der Waals surface area contributed by atoms with Gasteiger partial charge in [0.1, 0.15) is 12.6 Å². The number of nitrogens with one attached hydrogen (secondary N) is 1. The summed E-state index contributed by atoms with van der Waals surface area (Å²) < 4.78 is 0. The highest BCUT2D eigenvalue weighted by atomic mass is 16.4. The van der Waals surface area contributed by atoms with Crippen molar-refractivity contribution in [1.29, 1.82) is 0 Å². The van der Waals surface area contributed by atoms with Crippen LogP contribution in [0.1, 0.15) is 303 Å². The fourth-order valence-corrected chi connectivity index (χ4v) is 11.2. The highest BCUT2D eigenvalue weighted by molar-refractivity contribution is 5.83. The van der Waals surface area contributed by atoms with Gasteiger partial charge in [-0.2, -0.15) is 9.59 Å². The smallest absolute Gasteiger partial charge is 0.373 e. The van der Waals surface area contributed by atoms with Crippen molar-refractivity contribution in [2.75, 3.05) is 6.61 Å². The Morgan fingerprint density at radius 3 is 1.11 bits per heavy atom. The lowest BCUT2D eigenvalue weighted by molar-refractivity contribution is -0.192. The number of carboxylic acids is 7. The number of hydrogen-bond donors (Lipinski definition) is 9. The second-order valence-corrected chi connectivity index (χ2v) is 28.4. The van der Waals surface area contributed by atoms with E-state index < -0.39 is 41.8 Å². The van der Waals surface area contributed by atoms with Crippen molar-refractivity contribution in [2.45, 2.75) is 303 Å². The van der Waals surface area contributed by atoms with Crippen LogP contribution in [0.25, 0.3) is 10.9 Å². The second-order valence-electron chi connectivity index (χ2n) is 28.4. The zero-order valence-electron chi connectivity index (χ0n) is 70.9. The Balaban J connectivity index is -0.00000131. The van der Waals surface area contributed by atoms with Gasteiger partial charge in [-0.05, 0) is 226 Å². The molecule has 1 heterocycles. The zero-order chi connectivity index (χ0) is 87.8. The average molecular weight is 1640 g/mol. The van der Waals surface area contributed by atoms with Gasteiger partial charge in [-0.1, -0.05) is 240 Å². The number of aromatic amines is 1. The van der Waals surface area contributed by atoms with Crippen LogP contribution in [-0.4, -0.2) is 113 Å². The number of carbonyl (C=O) groups excluding carboxylic acids is 4. The van der Waals surface area contributed by atoms with Gasteiger partial charge in [0.25, 0.3) is 0 Å². The molecule has 20 nitrogen and oxygen atoms in total. The summed E-state index contributed by atoms with van der Waals surface area (Å²) in [6.45, 7) is 6.57. The molecule has 0 fully saturated rings. The highest BCUT2D eigenvalue weighted by Crippen LogP contribution is 2.21. The predicted molar refractivity (Wildman–Crippen MR) is 473 cm³/mol. The Kier molecular flexibility index (Phi) is 81.4. The van der Waals surface area contributed by atoms with E-state index in [0.29, 0.717) is 38.0 Å². The third-order valence-electron chi connectivity index (χ3n) is 17.9. The number of unbranched alkanes of at least 4 members (excludes halogenated alkanes) is 20. The number of aliphatic hydroxyl groups excluding tert-OH is 1. The van der Waals surface area contributed by atoms with Gasteiger partial charge in [0, 0.05) is 81.5 Å². The van der Waals surface area contributed by atoms with E-state index in [1.807, 2.05) is 24.3 Å². The van der Waals surface area contributed by atoms with Crippen LogP contribution >= 0.6 is 0 Å². The molecule has 0 amide bonds. The first kappa shape index (κ1) is 112. The summed E-state index contributed by atoms with van der Waals surface area (Å²) in [5.74, 6) is -4.55. The Morgan fingerprint density at radius 2 is 0.695 bits per heavy atom. The number of rotatable bonds is 58. The molecule has 0 saturated carbocycles. The van der Waals surface area contributed by atoms with Crippen molar-refractivity contribution in [3.8, 4) is 0 Å². The van der Waals surface area contributed by atoms with Crippen LogP contribution in [-0.2, 0) is 72.0 Å². The Morgan fingerprint density at radius 1 is 0.347 bits per heavy atom. The molecule has 0 radical (unpaired) electrons. The standard InChI is InChI=1S/C16H19NO2.2C15H26O3.2C15H20O2.C14H18O2.C7H12O3.CO2/c18-16(19)11-5-3-1-2-4-8-13-12-17-15-10-7-6-9-14(13)15;2*16-14-12-10-8-6-4-2-1-3-5-7-9-11-13-15(17)18;1-12-9-10-14(11-13(12)2)7-5-3-4-6-8-15(16)17;1-13(14-10-6-4-7-11-14)9-5-2-3-8-12-15(16)17;15-14(16)12-8-3-1-2-5-9-13-10-6-4-7-11-13;8-6-4-2-1-3-5-7(9)10;2-1-3/h1-2,6-7,9-10,12,17H,3-5,8,11H2,(H,18,19);2*5,7,14H,1-4,6,8-13H2,(H,17,18);3,5,9-11H,4,6-8H2,1-2H3,(H,16,17);2,4-7,10-11,13H,3,8-9,12H2,1H3,(H,16,17);1,3-4,6-7,10-11H,2,5,8-9,12H2,(H,15,16);1-2,8H,3-6H2,(H,9,10);/b2-1-;2*7-5-;5-3-;5-2-;3-1-;2-1-;. The summed E-state index contributed by atoms with van der Waals surface area (Å²) in [7, 11) is 0. The third-order valence-corrected chi connectivity index (χ3v) is 17.9. The minimum atomic E-state index is -0.784. The molecule has 0 saturated heterocycles. The van der Waals surface area contributed by atoms with Gasteiger partial charge in [0.05, 0.1) is 0 Å². The van der Waals surface area contributed by atoms with E-state index >= 15 is 0 Å². The molecule has 0 aliphatic heterocycles. The molecule has 118 heavy (non-hydrogen) atoms. The summed E-state index contributed by atoms with van der Waals surface area (Å²) >= 11 is 0. The first-order valence-corrected chi connectivity index (χ1v) is 42.3. The number of benzene rings is 4. The normalized spacial score (nSPS) is 11.0. The van der Waals surface area contributed by atoms with E-state index in [9.17, 15) is 43.2 Å². The average Bonchev–Trinajstić information content (AvgIpc) is 1.70. The molecule has 5 aromatic rings. The quantitative estimate of drug-likeness (QED) is 0.00992. The van der Waals surface area contributed by atoms with Crippen LogP contribution in [0.4, 0.5) is 0 Å². The summed E-state index contributed by atoms with van der Waals surface area (Å²) in [4.78, 5) is 111. The number of aliphatic carboxylic acids is 7. The second kappa shape index (κ2) is 85.9. The number of aliphatic hydroxyl groups is 1. The number of fused-ring (bicyclic) bond motifs is 1. The highest BCUT2D eigenvalue weighted by Gasteiger charge is 2.05. The molecular formula is C98H141NO19. The number of aryl methyl sites for hydroxylation is 4. The molecule has 652 valence electrons. The van der Waals surface area contributed by atoms with Crippen molar-refractivity contribution >= 4 is 71.4 Å². The Bertz CT molecular complexity index is 3550. The Hall–Kier alpha value is -10.4. The van der Waals surface area contributed by atoms with Crippen LogP contribution in [0, 0.1) is 13.8 Å². The summed E-state index contributed by atoms with van der Waals surface area (Å²) in [6.07, 6.45) is 69.6. The largest absolute Gasteiger partial charge is 0.481 e. The minimum Gasteiger partial charge on any atom is -0.481 e. The van der Waals surface area contributed by atoms with Crippen molar-refractivity contribution in [2.24, 2.45) is 0 Å². The van der Waals surface area contributed by atoms with E-state index in [-0.39, 0.29) is 57.7 Å². The molecule has 0 bridgehead atoms. The number of aromatic nitrogens is 1. The number of aldehydes is 2. The van der Waals surface area contributed by atoms with Crippen LogP contribution in [0.3, 0.4) is 0 Å². The van der Waals surface area contributed by atoms with Gasteiger partial charge in [-0.25, -0.2) is 0 Å². The van der Waals surface area contributed by atoms with Crippen molar-refractivity contribution in [1.82, 2.24) is 4.98 Å². The fraction of sp³-hybridized carbons (Fsp3) is 0.490. The lowest BCUT2D eigenvalue weighted by Crippen LogP contribution is -1.93. The lowest BCUT2D eigenvalue weighted by Gasteiger charge is -2.08. The van der Waals surface area contributed by atoms with Crippen molar-refractivity contribution < 1.29 is 93.6 Å². The van der Waals surface area contributed by atoms with Crippen LogP contribution in [0.15, 0.2) is 194 Å². The van der Waals surface area contributed by atoms with Crippen LogP contribution < -0.4 is 0 Å². The molecule has 0 aliphatic rings. The Labute approximate surface area is 703 Å². The summed E-state index contributed by atoms with van der Waals surface area (Å²) in [6, 6.07) is 35.6. The first-order chi connectivity index (χ1) is 57.1. The van der Waals surface area contributed by atoms with E-state index in [2.05, 4.69) is 184 Å². The molecule has 1 unspecified atom stereocenters. The molecule has 4 aromatic carbocycles. The number of allylic oxidation sites excluding steroid dienone is 13. The van der Waals surface area contributed by atoms with Gasteiger partial charge in [0.15, 0.2) is 0 Å². The molecular weight excluding hydrogens is 1500 g/mol. The summed E-state index contributed by atoms with van der Waals surface area (Å²) in [5, 5.41) is 68.6. The van der Waals surface area contributed by atoms with Gasteiger partial charge < -0.3 is 55.4 Å². The summed E-state index contributed by atoms with van der Waals surface area (Å²) in [5.41, 5.74) is 9.18. The van der Waals surface area contributed by atoms with E-state index in [1.165, 1.54) is 108 Å². The molecule has 0 aliphatic carbocycles. The third kappa shape index (κ3) is 83.5. The predicted octanol–water partition coefficient (Wildman–Crippen LogP) is 23.4. The molecule has 5 rings (SSSR count). The van der Waals surface area contributed by atoms with Gasteiger partial charge in [0.2, 0.25) is 0 Å². The number of hydrogen-bond acceptors (Lipinski definition) is 12. The lowest BCUT2D eigenvalue weighted by atomic mass is 9.97. The van der Waals surface area contributed by atoms with E-state index in [1.54, 1.807) is 12.2 Å². The fourth-order valence-electron chi connectivity index (χ4n) is 11.2. The number of H-pyrrole nitrogens is 1. The molecule has 0 spiro atoms. The molecule has 20 heteroatoms. The van der Waals surface area contributed by atoms with Gasteiger partial charge in [-0.3, -0.25) is 33.6 Å². The van der Waals surface area contributed by atoms with E-state index in [4.69, 9.17) is 50.4 Å². The monoisotopic (exact) mass is 1640 g/mol. The maximum Gasteiger partial charge on any atom is 0.373 e. The topological polar surface area (TPSA) is 365 Å². The van der Waals surface area contributed by atoms with E-state index in [0.717, 1.165) is 147 Å². The zero-order valence-corrected chi connectivity index (χ0v) is 70.9. The molecule has 1 atom stereocenters. The number of carboxylic acid groups (broad SMARTS) is 7. The maximum absolute atomic E-state index is 10.3. The van der Waals surface area contributed by atoms with Gasteiger partial charge >= 0.3 is 47.9 Å². The van der Waals surface area contributed by atoms with Crippen LogP contribution in [0.2, 0.25) is 0 Å².